The molecule has 2 aromatic rings. The van der Waals surface area contributed by atoms with Gasteiger partial charge in [0.2, 0.25) is 11.9 Å². The average molecular weight is 350 g/mol. The molecule has 2 fully saturated rings. The largest absolute Gasteiger partial charge is 0.368 e. The Bertz CT molecular complexity index is 771. The molecule has 1 saturated heterocycles. The second-order valence-corrected chi connectivity index (χ2v) is 7.42. The highest BCUT2D eigenvalue weighted by molar-refractivity contribution is 5.80. The molecule has 2 N–H and O–H groups in total. The summed E-state index contributed by atoms with van der Waals surface area (Å²) >= 11 is 0. The summed E-state index contributed by atoms with van der Waals surface area (Å²) in [5, 5.41) is 0. The van der Waals surface area contributed by atoms with Crippen LogP contribution in [-0.4, -0.2) is 27.3 Å². The van der Waals surface area contributed by atoms with Gasteiger partial charge >= 0.3 is 0 Å². The number of nitrogens with two attached hydrogens (primary N) is 1. The van der Waals surface area contributed by atoms with Gasteiger partial charge in [0.1, 0.15) is 0 Å². The van der Waals surface area contributed by atoms with Crippen molar-refractivity contribution in [3.8, 4) is 11.1 Å². The van der Waals surface area contributed by atoms with Crippen molar-refractivity contribution in [3.05, 3.63) is 42.2 Å². The summed E-state index contributed by atoms with van der Waals surface area (Å²) in [6.45, 7) is 0.818. The van der Waals surface area contributed by atoms with Crippen LogP contribution in [0.3, 0.4) is 0 Å². The number of rotatable bonds is 3. The van der Waals surface area contributed by atoms with Gasteiger partial charge in [-0.3, -0.25) is 4.79 Å². The van der Waals surface area contributed by atoms with E-state index in [1.807, 2.05) is 18.2 Å². The number of amides is 1. The Kier molecular flexibility index (Phi) is 4.87. The zero-order chi connectivity index (χ0) is 17.9. The molecule has 26 heavy (non-hydrogen) atoms. The van der Waals surface area contributed by atoms with E-state index in [0.29, 0.717) is 5.91 Å². The third kappa shape index (κ3) is 3.30. The fourth-order valence-electron chi connectivity index (χ4n) is 4.39. The Balaban J connectivity index is 1.72. The van der Waals surface area contributed by atoms with Crippen LogP contribution < -0.4 is 5.73 Å². The highest BCUT2D eigenvalue weighted by Gasteiger charge is 2.35. The van der Waals surface area contributed by atoms with E-state index >= 15 is 0 Å². The molecule has 136 valence electrons. The maximum atomic E-state index is 13.2. The SMILES string of the molecule is Nc1ncc(-c2ccccc2)c(C2CCCCN2C(=O)C2CCCC2)n1. The number of hydrogen-bond acceptors (Lipinski definition) is 4. The average Bonchev–Trinajstić information content (AvgIpc) is 3.23. The maximum Gasteiger partial charge on any atom is 0.226 e. The first kappa shape index (κ1) is 17.0. The predicted octanol–water partition coefficient (Wildman–Crippen LogP) is 3.97. The molecule has 4 rings (SSSR count). The minimum atomic E-state index is -0.00245. The van der Waals surface area contributed by atoms with Crippen LogP contribution in [0.4, 0.5) is 5.95 Å². The van der Waals surface area contributed by atoms with Crippen LogP contribution in [0, 0.1) is 5.92 Å². The minimum Gasteiger partial charge on any atom is -0.368 e. The number of carbonyl (C=O) groups excluding carboxylic acids is 1. The molecule has 0 spiro atoms. The first-order chi connectivity index (χ1) is 12.7. The number of likely N-dealkylation sites (tertiary alicyclic amines) is 1. The van der Waals surface area contributed by atoms with E-state index in [0.717, 1.165) is 55.5 Å². The van der Waals surface area contributed by atoms with Gasteiger partial charge in [-0.05, 0) is 37.7 Å². The number of nitrogens with zero attached hydrogens (tertiary/aromatic N) is 3. The molecule has 1 aromatic heterocycles. The van der Waals surface area contributed by atoms with Crippen LogP contribution >= 0.6 is 0 Å². The van der Waals surface area contributed by atoms with Gasteiger partial charge in [0, 0.05) is 24.2 Å². The number of benzene rings is 1. The Morgan fingerprint density at radius 1 is 1.04 bits per heavy atom. The smallest absolute Gasteiger partial charge is 0.226 e. The Morgan fingerprint density at radius 2 is 1.77 bits per heavy atom. The molecule has 1 saturated carbocycles. The van der Waals surface area contributed by atoms with Crippen molar-refractivity contribution in [2.24, 2.45) is 5.92 Å². The van der Waals surface area contributed by atoms with E-state index in [4.69, 9.17) is 5.73 Å². The molecule has 0 radical (unpaired) electrons. The summed E-state index contributed by atoms with van der Waals surface area (Å²) in [7, 11) is 0. The molecule has 5 nitrogen and oxygen atoms in total. The standard InChI is InChI=1S/C21H26N4O/c22-21-23-14-17(15-8-2-1-3-9-15)19(24-21)18-12-6-7-13-25(18)20(26)16-10-4-5-11-16/h1-3,8-9,14,16,18H,4-7,10-13H2,(H2,22,23,24). The van der Waals surface area contributed by atoms with Crippen molar-refractivity contribution in [2.45, 2.75) is 51.0 Å². The minimum absolute atomic E-state index is 0.00245. The van der Waals surface area contributed by atoms with Gasteiger partial charge < -0.3 is 10.6 Å². The molecule has 0 bridgehead atoms. The van der Waals surface area contributed by atoms with Gasteiger partial charge in [-0.1, -0.05) is 43.2 Å². The second-order valence-electron chi connectivity index (χ2n) is 7.42. The van der Waals surface area contributed by atoms with Crippen molar-refractivity contribution < 1.29 is 4.79 Å². The summed E-state index contributed by atoms with van der Waals surface area (Å²) in [5.74, 6) is 0.775. The number of carbonyl (C=O) groups is 1. The Hall–Kier alpha value is -2.43. The molecule has 1 aliphatic heterocycles. The van der Waals surface area contributed by atoms with E-state index in [-0.39, 0.29) is 17.9 Å². The van der Waals surface area contributed by atoms with E-state index < -0.39 is 0 Å². The van der Waals surface area contributed by atoms with Gasteiger partial charge in [-0.15, -0.1) is 0 Å². The second kappa shape index (κ2) is 7.44. The van der Waals surface area contributed by atoms with Crippen molar-refractivity contribution in [3.63, 3.8) is 0 Å². The molecular formula is C21H26N4O. The highest BCUT2D eigenvalue weighted by Crippen LogP contribution is 2.38. The summed E-state index contributed by atoms with van der Waals surface area (Å²) in [5.41, 5.74) is 8.88. The lowest BCUT2D eigenvalue weighted by Gasteiger charge is -2.37. The molecule has 5 heteroatoms. The van der Waals surface area contributed by atoms with Crippen LogP contribution in [0.15, 0.2) is 36.5 Å². The van der Waals surface area contributed by atoms with Crippen LogP contribution in [0.2, 0.25) is 0 Å². The van der Waals surface area contributed by atoms with Crippen molar-refractivity contribution >= 4 is 11.9 Å². The van der Waals surface area contributed by atoms with Crippen molar-refractivity contribution in [1.29, 1.82) is 0 Å². The van der Waals surface area contributed by atoms with Gasteiger partial charge in [0.15, 0.2) is 0 Å². The molecular weight excluding hydrogens is 324 g/mol. The van der Waals surface area contributed by atoms with E-state index in [1.165, 1.54) is 12.8 Å². The highest BCUT2D eigenvalue weighted by atomic mass is 16.2. The van der Waals surface area contributed by atoms with Gasteiger partial charge in [0.05, 0.1) is 11.7 Å². The zero-order valence-electron chi connectivity index (χ0n) is 15.1. The summed E-state index contributed by atoms with van der Waals surface area (Å²) < 4.78 is 0. The van der Waals surface area contributed by atoms with Gasteiger partial charge in [-0.2, -0.15) is 0 Å². The molecule has 1 aromatic carbocycles. The number of anilines is 1. The summed E-state index contributed by atoms with van der Waals surface area (Å²) in [4.78, 5) is 24.1. The lowest BCUT2D eigenvalue weighted by molar-refractivity contribution is -0.139. The fraction of sp³-hybridized carbons (Fsp3) is 0.476. The third-order valence-electron chi connectivity index (χ3n) is 5.73. The van der Waals surface area contributed by atoms with Crippen LogP contribution in [-0.2, 0) is 4.79 Å². The van der Waals surface area contributed by atoms with Crippen molar-refractivity contribution in [1.82, 2.24) is 14.9 Å². The topological polar surface area (TPSA) is 72.1 Å². The van der Waals surface area contributed by atoms with Crippen molar-refractivity contribution in [2.75, 3.05) is 12.3 Å². The van der Waals surface area contributed by atoms with Crippen LogP contribution in [0.1, 0.15) is 56.7 Å². The maximum absolute atomic E-state index is 13.2. The van der Waals surface area contributed by atoms with Crippen LogP contribution in [0.5, 0.6) is 0 Å². The molecule has 2 aliphatic rings. The lowest BCUT2D eigenvalue weighted by Crippen LogP contribution is -2.42. The molecule has 2 heterocycles. The van der Waals surface area contributed by atoms with E-state index in [2.05, 4.69) is 27.0 Å². The number of nitrogen functional groups attached to an aromatic ring is 1. The van der Waals surface area contributed by atoms with Gasteiger partial charge in [-0.25, -0.2) is 9.97 Å². The molecule has 1 aliphatic carbocycles. The fourth-order valence-corrected chi connectivity index (χ4v) is 4.39. The number of hydrogen-bond donors (Lipinski definition) is 1. The molecule has 1 unspecified atom stereocenters. The summed E-state index contributed by atoms with van der Waals surface area (Å²) in [6.07, 6.45) is 9.32. The van der Waals surface area contributed by atoms with Gasteiger partial charge in [0.25, 0.3) is 0 Å². The number of aromatic nitrogens is 2. The van der Waals surface area contributed by atoms with Crippen LogP contribution in [0.25, 0.3) is 11.1 Å². The first-order valence-corrected chi connectivity index (χ1v) is 9.72. The molecule has 1 amide bonds. The quantitative estimate of drug-likeness (QED) is 0.909. The monoisotopic (exact) mass is 350 g/mol. The summed E-state index contributed by atoms with van der Waals surface area (Å²) in [6, 6.07) is 10.1. The zero-order valence-corrected chi connectivity index (χ0v) is 15.1. The first-order valence-electron chi connectivity index (χ1n) is 9.72. The lowest BCUT2D eigenvalue weighted by atomic mass is 9.92. The Morgan fingerprint density at radius 3 is 2.54 bits per heavy atom. The third-order valence-corrected chi connectivity index (χ3v) is 5.73. The van der Waals surface area contributed by atoms with E-state index in [1.54, 1.807) is 6.20 Å². The normalized spacial score (nSPS) is 21.1. The number of piperidine rings is 1. The molecule has 1 atom stereocenters. The Labute approximate surface area is 154 Å². The van der Waals surface area contributed by atoms with E-state index in [9.17, 15) is 4.79 Å². The predicted molar refractivity (Wildman–Crippen MR) is 102 cm³/mol.